The summed E-state index contributed by atoms with van der Waals surface area (Å²) in [5.41, 5.74) is 1.25. The van der Waals surface area contributed by atoms with Crippen molar-refractivity contribution in [1.29, 1.82) is 0 Å². The summed E-state index contributed by atoms with van der Waals surface area (Å²) < 4.78 is 11.3. The lowest BCUT2D eigenvalue weighted by atomic mass is 10.0. The Kier molecular flexibility index (Phi) is 3.41. The van der Waals surface area contributed by atoms with E-state index in [1.165, 1.54) is 0 Å². The third-order valence-electron chi connectivity index (χ3n) is 2.41. The normalized spacial score (nSPS) is 20.2. The summed E-state index contributed by atoms with van der Waals surface area (Å²) in [5, 5.41) is 0. The molecule has 1 aromatic rings. The largest absolute Gasteiger partial charge is 0.465 e. The molecule has 0 spiro atoms. The van der Waals surface area contributed by atoms with Gasteiger partial charge in [-0.2, -0.15) is 0 Å². The first kappa shape index (κ1) is 11.4. The van der Waals surface area contributed by atoms with E-state index in [4.69, 9.17) is 9.16 Å². The highest BCUT2D eigenvalue weighted by molar-refractivity contribution is 6.29. The van der Waals surface area contributed by atoms with Gasteiger partial charge in [-0.05, 0) is 17.7 Å². The van der Waals surface area contributed by atoms with Gasteiger partial charge in [-0.3, -0.25) is 4.79 Å². The Labute approximate surface area is 97.7 Å². The highest BCUT2D eigenvalue weighted by Gasteiger charge is 2.26. The van der Waals surface area contributed by atoms with E-state index < -0.39 is 9.76 Å². The van der Waals surface area contributed by atoms with Crippen LogP contribution in [0.4, 0.5) is 0 Å². The molecule has 0 aromatic heterocycles. The molecule has 0 N–H and O–H groups in total. The number of fused-ring (bicyclic) bond motifs is 1. The van der Waals surface area contributed by atoms with Gasteiger partial charge in [0.25, 0.3) is 0 Å². The summed E-state index contributed by atoms with van der Waals surface area (Å²) >= 11 is 0. The number of rotatable bonds is 3. The monoisotopic (exact) mass is 236 g/mol. The Hall–Kier alpha value is -1.13. The second-order valence-electron chi connectivity index (χ2n) is 4.40. The zero-order valence-corrected chi connectivity index (χ0v) is 11.0. The van der Waals surface area contributed by atoms with Gasteiger partial charge in [-0.15, -0.1) is 0 Å². The number of ether oxygens (including phenoxy) is 1. The zero-order chi connectivity index (χ0) is 11.5. The minimum Gasteiger partial charge on any atom is -0.465 e. The average molecular weight is 236 g/mol. The van der Waals surface area contributed by atoms with E-state index >= 15 is 0 Å². The number of carbonyl (C=O) groups excluding carboxylic acids is 1. The standard InChI is InChI=1S/C12H16O3Si/c1-8(2)16-15-12-7-10(13)9-5-3-4-6-11(9)14-12/h3-6,8,12H,7,16H2,1-2H3. The molecule has 1 aliphatic heterocycles. The lowest BCUT2D eigenvalue weighted by Crippen LogP contribution is -2.31. The predicted molar refractivity (Wildman–Crippen MR) is 64.5 cm³/mol. The molecular formula is C12H16O3Si. The molecule has 1 aromatic carbocycles. The summed E-state index contributed by atoms with van der Waals surface area (Å²) in [7, 11) is -0.599. The summed E-state index contributed by atoms with van der Waals surface area (Å²) in [4.78, 5) is 11.8. The fourth-order valence-electron chi connectivity index (χ4n) is 1.64. The van der Waals surface area contributed by atoms with Crippen LogP contribution in [0.3, 0.4) is 0 Å². The van der Waals surface area contributed by atoms with Crippen LogP contribution in [-0.4, -0.2) is 21.8 Å². The predicted octanol–water partition coefficient (Wildman–Crippen LogP) is 1.91. The molecule has 2 rings (SSSR count). The summed E-state index contributed by atoms with van der Waals surface area (Å²) in [5.74, 6) is 0.770. The van der Waals surface area contributed by atoms with E-state index in [1.54, 1.807) is 6.07 Å². The first-order chi connectivity index (χ1) is 7.66. The maximum Gasteiger partial charge on any atom is 0.197 e. The number of hydrogen-bond acceptors (Lipinski definition) is 3. The van der Waals surface area contributed by atoms with Crippen LogP contribution in [0.25, 0.3) is 0 Å². The number of para-hydroxylation sites is 1. The van der Waals surface area contributed by atoms with Crippen LogP contribution in [0, 0.1) is 0 Å². The summed E-state index contributed by atoms with van der Waals surface area (Å²) in [6, 6.07) is 7.34. The SMILES string of the molecule is CC(C)[SiH2]OC1CC(=O)c2ccccc2O1. The molecule has 0 aliphatic carbocycles. The average Bonchev–Trinajstić information content (AvgIpc) is 2.26. The Morgan fingerprint density at radius 1 is 1.44 bits per heavy atom. The van der Waals surface area contributed by atoms with Crippen LogP contribution < -0.4 is 4.74 Å². The van der Waals surface area contributed by atoms with Crippen molar-refractivity contribution in [3.63, 3.8) is 0 Å². The van der Waals surface area contributed by atoms with Gasteiger partial charge < -0.3 is 9.16 Å². The molecule has 4 heteroatoms. The Balaban J connectivity index is 2.06. The maximum absolute atomic E-state index is 11.8. The minimum atomic E-state index is -0.599. The van der Waals surface area contributed by atoms with E-state index in [-0.39, 0.29) is 12.1 Å². The molecule has 1 atom stereocenters. The van der Waals surface area contributed by atoms with Gasteiger partial charge in [-0.25, -0.2) is 0 Å². The first-order valence-corrected chi connectivity index (χ1v) is 6.96. The fraction of sp³-hybridized carbons (Fsp3) is 0.417. The van der Waals surface area contributed by atoms with Crippen molar-refractivity contribution in [2.24, 2.45) is 0 Å². The van der Waals surface area contributed by atoms with E-state index in [1.807, 2.05) is 18.2 Å². The Morgan fingerprint density at radius 2 is 2.19 bits per heavy atom. The van der Waals surface area contributed by atoms with Crippen LogP contribution in [0.5, 0.6) is 5.75 Å². The van der Waals surface area contributed by atoms with Gasteiger partial charge in [0.1, 0.15) is 5.75 Å². The Morgan fingerprint density at radius 3 is 2.94 bits per heavy atom. The second kappa shape index (κ2) is 4.80. The van der Waals surface area contributed by atoms with Crippen molar-refractivity contribution < 1.29 is 14.0 Å². The van der Waals surface area contributed by atoms with Crippen LogP contribution in [0.1, 0.15) is 30.6 Å². The van der Waals surface area contributed by atoms with Crippen LogP contribution in [0.15, 0.2) is 24.3 Å². The molecule has 0 bridgehead atoms. The highest BCUT2D eigenvalue weighted by Crippen LogP contribution is 2.27. The van der Waals surface area contributed by atoms with Crippen molar-refractivity contribution in [2.75, 3.05) is 0 Å². The molecule has 0 saturated heterocycles. The lowest BCUT2D eigenvalue weighted by molar-refractivity contribution is -0.00379. The molecule has 0 radical (unpaired) electrons. The van der Waals surface area contributed by atoms with E-state index in [0.717, 1.165) is 0 Å². The summed E-state index contributed by atoms with van der Waals surface area (Å²) in [6.07, 6.45) is -0.0204. The van der Waals surface area contributed by atoms with Crippen LogP contribution in [0.2, 0.25) is 5.54 Å². The van der Waals surface area contributed by atoms with Gasteiger partial charge in [0.2, 0.25) is 0 Å². The maximum atomic E-state index is 11.8. The van der Waals surface area contributed by atoms with E-state index in [9.17, 15) is 4.79 Å². The molecule has 0 saturated carbocycles. The van der Waals surface area contributed by atoms with Crippen LogP contribution in [-0.2, 0) is 4.43 Å². The molecule has 0 amide bonds. The van der Waals surface area contributed by atoms with E-state index in [2.05, 4.69) is 13.8 Å². The van der Waals surface area contributed by atoms with Gasteiger partial charge in [0.05, 0.1) is 12.0 Å². The first-order valence-electron chi connectivity index (χ1n) is 5.57. The molecule has 3 nitrogen and oxygen atoms in total. The molecule has 0 fully saturated rings. The van der Waals surface area contributed by atoms with Crippen LogP contribution >= 0.6 is 0 Å². The number of carbonyl (C=O) groups is 1. The molecular weight excluding hydrogens is 220 g/mol. The number of Topliss-reactive ketones (excluding diaryl/α,β-unsaturated/α-hetero) is 1. The highest BCUT2D eigenvalue weighted by atomic mass is 28.2. The van der Waals surface area contributed by atoms with Gasteiger partial charge in [-0.1, -0.05) is 26.0 Å². The quantitative estimate of drug-likeness (QED) is 0.752. The van der Waals surface area contributed by atoms with Gasteiger partial charge >= 0.3 is 0 Å². The van der Waals surface area contributed by atoms with Gasteiger partial charge in [0, 0.05) is 0 Å². The molecule has 86 valence electrons. The number of hydrogen-bond donors (Lipinski definition) is 0. The second-order valence-corrected chi connectivity index (χ2v) is 6.70. The molecule has 1 unspecified atom stereocenters. The number of ketones is 1. The van der Waals surface area contributed by atoms with Gasteiger partial charge in [0.15, 0.2) is 21.8 Å². The van der Waals surface area contributed by atoms with Crippen molar-refractivity contribution >= 4 is 15.5 Å². The van der Waals surface area contributed by atoms with Crippen molar-refractivity contribution in [3.05, 3.63) is 29.8 Å². The van der Waals surface area contributed by atoms with Crippen molar-refractivity contribution in [3.8, 4) is 5.75 Å². The van der Waals surface area contributed by atoms with E-state index in [0.29, 0.717) is 23.3 Å². The summed E-state index contributed by atoms with van der Waals surface area (Å²) in [6.45, 7) is 4.26. The molecule has 16 heavy (non-hydrogen) atoms. The smallest absolute Gasteiger partial charge is 0.197 e. The number of benzene rings is 1. The lowest BCUT2D eigenvalue weighted by Gasteiger charge is -2.25. The third kappa shape index (κ3) is 2.51. The fourth-order valence-corrected chi connectivity index (χ4v) is 2.42. The topological polar surface area (TPSA) is 35.5 Å². The van der Waals surface area contributed by atoms with Crippen molar-refractivity contribution in [2.45, 2.75) is 32.1 Å². The van der Waals surface area contributed by atoms with Crippen molar-refractivity contribution in [1.82, 2.24) is 0 Å². The molecule has 1 heterocycles. The zero-order valence-electron chi connectivity index (χ0n) is 9.60. The molecule has 1 aliphatic rings. The Bertz CT molecular complexity index is 390. The minimum absolute atomic E-state index is 0.115. The third-order valence-corrected chi connectivity index (χ3v) is 3.64.